The van der Waals surface area contributed by atoms with Gasteiger partial charge >= 0.3 is 6.18 Å². The summed E-state index contributed by atoms with van der Waals surface area (Å²) in [6.07, 6.45) is -2.20. The van der Waals surface area contributed by atoms with Gasteiger partial charge in [0.1, 0.15) is 10.9 Å². The third kappa shape index (κ3) is 10.4. The topological polar surface area (TPSA) is 62.2 Å². The molecule has 0 aliphatic carbocycles. The normalized spacial score (nSPS) is 11.4. The quantitative estimate of drug-likeness (QED) is 0.630. The number of alkyl halides is 3. The number of rotatable bonds is 4. The fourth-order valence-corrected chi connectivity index (χ4v) is 1.64. The summed E-state index contributed by atoms with van der Waals surface area (Å²) < 4.78 is 38.8. The lowest BCUT2D eigenvalue weighted by atomic mass is 9.97. The number of hydrogen-bond acceptors (Lipinski definition) is 4. The number of nitrogens with zero attached hydrogens (tertiary/aromatic N) is 1. The summed E-state index contributed by atoms with van der Waals surface area (Å²) in [5.41, 5.74) is 0.200. The number of carbonyl (C=O) groups is 1. The van der Waals surface area contributed by atoms with Gasteiger partial charge in [-0.3, -0.25) is 0 Å². The third-order valence-electron chi connectivity index (χ3n) is 2.23. The van der Waals surface area contributed by atoms with Crippen molar-refractivity contribution in [2.24, 2.45) is 0 Å². The molecule has 0 radical (unpaired) electrons. The summed E-state index contributed by atoms with van der Waals surface area (Å²) in [6.45, 7) is 1.76. The van der Waals surface area contributed by atoms with Crippen LogP contribution >= 0.6 is 15.9 Å². The first-order chi connectivity index (χ1) is 9.86. The van der Waals surface area contributed by atoms with Crippen LogP contribution in [0, 0.1) is 0 Å². The van der Waals surface area contributed by atoms with Gasteiger partial charge in [-0.1, -0.05) is 6.07 Å². The van der Waals surface area contributed by atoms with E-state index in [0.717, 1.165) is 13.4 Å². The zero-order valence-electron chi connectivity index (χ0n) is 12.1. The molecule has 0 aromatic carbocycles. The van der Waals surface area contributed by atoms with Crippen LogP contribution < -0.4 is 5.32 Å². The van der Waals surface area contributed by atoms with Gasteiger partial charge in [0.15, 0.2) is 0 Å². The summed E-state index contributed by atoms with van der Waals surface area (Å²) in [7, 11) is 2.63. The maximum absolute atomic E-state index is 12.8. The zero-order valence-corrected chi connectivity index (χ0v) is 13.7. The van der Waals surface area contributed by atoms with Gasteiger partial charge in [-0.2, -0.15) is 13.2 Å². The lowest BCUT2D eigenvalue weighted by molar-refractivity contribution is -0.151. The Bertz CT molecular complexity index is 373. The molecule has 1 rings (SSSR count). The Morgan fingerprint density at radius 3 is 2.29 bits per heavy atom. The van der Waals surface area contributed by atoms with E-state index in [1.54, 1.807) is 7.05 Å². The fourth-order valence-electron chi connectivity index (χ4n) is 1.40. The highest BCUT2D eigenvalue weighted by Gasteiger charge is 2.40. The second-order valence-corrected chi connectivity index (χ2v) is 4.45. The minimum absolute atomic E-state index is 0.0172. The van der Waals surface area contributed by atoms with Crippen molar-refractivity contribution in [2.45, 2.75) is 25.4 Å². The van der Waals surface area contributed by atoms with Crippen molar-refractivity contribution in [3.63, 3.8) is 0 Å². The van der Waals surface area contributed by atoms with Gasteiger partial charge in [0.2, 0.25) is 0 Å². The van der Waals surface area contributed by atoms with E-state index in [2.05, 4.69) is 26.2 Å². The molecule has 2 N–H and O–H groups in total. The molecular weight excluding hydrogens is 353 g/mol. The van der Waals surface area contributed by atoms with Crippen molar-refractivity contribution in [1.29, 1.82) is 0 Å². The van der Waals surface area contributed by atoms with Crippen molar-refractivity contribution in [1.82, 2.24) is 10.3 Å². The summed E-state index contributed by atoms with van der Waals surface area (Å²) >= 11 is 3.09. The number of aromatic nitrogens is 1. The number of aldehydes is 1. The number of aliphatic hydroxyl groups is 1. The Kier molecular flexibility index (Phi) is 13.5. The third-order valence-corrected chi connectivity index (χ3v) is 2.70. The minimum Gasteiger partial charge on any atom is -0.400 e. The van der Waals surface area contributed by atoms with Gasteiger partial charge in [-0.15, -0.1) is 0 Å². The first kappa shape index (κ1) is 22.3. The molecule has 0 saturated heterocycles. The van der Waals surface area contributed by atoms with Crippen LogP contribution in [-0.2, 0) is 4.79 Å². The summed E-state index contributed by atoms with van der Waals surface area (Å²) in [5.74, 6) is -1.46. The number of nitrogens with one attached hydrogen (secondary N) is 1. The summed E-state index contributed by atoms with van der Waals surface area (Å²) in [4.78, 5) is 12.6. The molecule has 0 aliphatic rings. The number of carbonyl (C=O) groups excluding carboxylic acids is 1. The molecule has 0 spiro atoms. The molecular formula is C13H20BrF3N2O2. The molecule has 0 aliphatic heterocycles. The van der Waals surface area contributed by atoms with Crippen LogP contribution in [0.4, 0.5) is 13.2 Å². The molecule has 0 amide bonds. The Labute approximate surface area is 130 Å². The van der Waals surface area contributed by atoms with Crippen LogP contribution in [0.25, 0.3) is 0 Å². The highest BCUT2D eigenvalue weighted by Crippen LogP contribution is 2.36. The summed E-state index contributed by atoms with van der Waals surface area (Å²) in [5, 5.41) is 9.72. The first-order valence-corrected chi connectivity index (χ1v) is 6.83. The molecule has 1 atom stereocenters. The van der Waals surface area contributed by atoms with Gasteiger partial charge in [0, 0.05) is 13.3 Å². The van der Waals surface area contributed by atoms with Crippen LogP contribution in [0.1, 0.15) is 24.8 Å². The van der Waals surface area contributed by atoms with E-state index in [0.29, 0.717) is 11.1 Å². The summed E-state index contributed by atoms with van der Waals surface area (Å²) in [6, 6.07) is 2.97. The maximum Gasteiger partial charge on any atom is 0.395 e. The molecule has 4 nitrogen and oxygen atoms in total. The van der Waals surface area contributed by atoms with Gasteiger partial charge < -0.3 is 15.2 Å². The van der Waals surface area contributed by atoms with E-state index in [1.165, 1.54) is 25.3 Å². The number of hydrogen-bond donors (Lipinski definition) is 2. The minimum atomic E-state index is -4.23. The monoisotopic (exact) mass is 372 g/mol. The molecule has 8 heteroatoms. The molecule has 122 valence electrons. The van der Waals surface area contributed by atoms with Crippen LogP contribution in [0.5, 0.6) is 0 Å². The maximum atomic E-state index is 12.8. The van der Waals surface area contributed by atoms with Crippen molar-refractivity contribution in [3.8, 4) is 0 Å². The predicted octanol–water partition coefficient (Wildman–Crippen LogP) is 2.91. The lowest BCUT2D eigenvalue weighted by Crippen LogP contribution is -2.24. The second-order valence-electron chi connectivity index (χ2n) is 3.64. The van der Waals surface area contributed by atoms with Gasteiger partial charge in [-0.25, -0.2) is 4.98 Å². The van der Waals surface area contributed by atoms with E-state index in [-0.39, 0.29) is 12.0 Å². The van der Waals surface area contributed by atoms with Crippen molar-refractivity contribution in [2.75, 3.05) is 20.7 Å². The molecule has 1 aromatic rings. The molecule has 1 heterocycles. The number of pyridine rings is 1. The highest BCUT2D eigenvalue weighted by atomic mass is 79.9. The van der Waals surface area contributed by atoms with Crippen molar-refractivity contribution < 1.29 is 23.1 Å². The van der Waals surface area contributed by atoms with Gasteiger partial charge in [-0.05, 0) is 54.5 Å². The van der Waals surface area contributed by atoms with E-state index in [9.17, 15) is 13.2 Å². The Morgan fingerprint density at radius 1 is 1.43 bits per heavy atom. The van der Waals surface area contributed by atoms with Gasteiger partial charge in [0.25, 0.3) is 0 Å². The van der Waals surface area contributed by atoms with E-state index in [1.807, 2.05) is 0 Å². The Hall–Kier alpha value is -0.990. The van der Waals surface area contributed by atoms with E-state index < -0.39 is 12.1 Å². The smallest absolute Gasteiger partial charge is 0.395 e. The van der Waals surface area contributed by atoms with E-state index >= 15 is 0 Å². The van der Waals surface area contributed by atoms with Crippen molar-refractivity contribution in [3.05, 3.63) is 28.5 Å². The molecule has 1 unspecified atom stereocenters. The molecule has 21 heavy (non-hydrogen) atoms. The van der Waals surface area contributed by atoms with E-state index in [4.69, 9.17) is 9.90 Å². The number of aliphatic hydroxyl groups excluding tert-OH is 1. The first-order valence-electron chi connectivity index (χ1n) is 6.04. The van der Waals surface area contributed by atoms with Gasteiger partial charge in [0.05, 0.1) is 5.92 Å². The van der Waals surface area contributed by atoms with Crippen LogP contribution in [0.15, 0.2) is 22.9 Å². The van der Waals surface area contributed by atoms with Crippen LogP contribution in [-0.4, -0.2) is 43.3 Å². The van der Waals surface area contributed by atoms with Crippen LogP contribution in [0.2, 0.25) is 0 Å². The number of halogens is 4. The SMILES string of the molecule is CC=O.CNCCC(c1ccc(Br)nc1)C(F)(F)F.CO. The largest absolute Gasteiger partial charge is 0.400 e. The zero-order chi connectivity index (χ0) is 16.9. The Morgan fingerprint density at radius 2 is 1.95 bits per heavy atom. The average molecular weight is 373 g/mol. The highest BCUT2D eigenvalue weighted by molar-refractivity contribution is 9.10. The molecule has 1 aromatic heterocycles. The molecule has 0 saturated carbocycles. The van der Waals surface area contributed by atoms with Crippen molar-refractivity contribution >= 4 is 22.2 Å². The second kappa shape index (κ2) is 12.7. The fraction of sp³-hybridized carbons (Fsp3) is 0.538. The standard InChI is InChI=1S/C10H12BrF3N2.C2H4O.CH4O/c1-15-5-4-8(10(12,13)14)7-2-3-9(11)16-6-7;1-2-3;1-2/h2-3,6,8,15H,4-5H2,1H3;2H,1H3;2H,1H3. The Balaban J connectivity index is 0. The average Bonchev–Trinajstić information content (AvgIpc) is 2.43. The lowest BCUT2D eigenvalue weighted by Gasteiger charge is -2.20. The molecule has 0 bridgehead atoms. The predicted molar refractivity (Wildman–Crippen MR) is 79.2 cm³/mol. The van der Waals surface area contributed by atoms with Crippen LogP contribution in [0.3, 0.4) is 0 Å². The molecule has 0 fully saturated rings.